The van der Waals surface area contributed by atoms with E-state index in [2.05, 4.69) is 5.32 Å². The van der Waals surface area contributed by atoms with Crippen LogP contribution in [0.25, 0.3) is 0 Å². The second kappa shape index (κ2) is 4.43. The number of rotatable bonds is 3. The molecule has 17 heavy (non-hydrogen) atoms. The minimum Gasteiger partial charge on any atom is -0.388 e. The summed E-state index contributed by atoms with van der Waals surface area (Å²) in [6.45, 7) is 3.25. The molecule has 0 saturated carbocycles. The molecule has 1 aliphatic rings. The van der Waals surface area contributed by atoms with Crippen molar-refractivity contribution in [2.24, 2.45) is 0 Å². The summed E-state index contributed by atoms with van der Waals surface area (Å²) in [5, 5.41) is 24.1. The van der Waals surface area contributed by atoms with E-state index < -0.39 is 10.5 Å². The number of nitrogens with one attached hydrogen (secondary N) is 1. The number of aryl methyl sites for hydroxylation is 1. The van der Waals surface area contributed by atoms with E-state index >= 15 is 0 Å². The molecular formula is C12H16N2O3. The van der Waals surface area contributed by atoms with Gasteiger partial charge < -0.3 is 10.4 Å². The summed E-state index contributed by atoms with van der Waals surface area (Å²) in [5.74, 6) is 0. The Balaban J connectivity index is 2.25. The molecule has 1 unspecified atom stereocenters. The zero-order valence-electron chi connectivity index (χ0n) is 9.77. The molecule has 2 rings (SSSR count). The van der Waals surface area contributed by atoms with Crippen LogP contribution in [0.2, 0.25) is 0 Å². The Bertz CT molecular complexity index is 439. The van der Waals surface area contributed by atoms with Gasteiger partial charge in [-0.25, -0.2) is 0 Å². The second-order valence-corrected chi connectivity index (χ2v) is 4.70. The van der Waals surface area contributed by atoms with Crippen molar-refractivity contribution in [3.05, 3.63) is 39.4 Å². The number of aliphatic hydroxyl groups is 1. The number of nitrogens with zero attached hydrogens (tertiary/aromatic N) is 1. The van der Waals surface area contributed by atoms with Crippen molar-refractivity contribution in [3.8, 4) is 0 Å². The minimum absolute atomic E-state index is 0.0835. The third kappa shape index (κ3) is 2.62. The monoisotopic (exact) mass is 236 g/mol. The summed E-state index contributed by atoms with van der Waals surface area (Å²) < 4.78 is 0. The summed E-state index contributed by atoms with van der Waals surface area (Å²) in [7, 11) is 0. The lowest BCUT2D eigenvalue weighted by Gasteiger charge is -2.22. The highest BCUT2D eigenvalue weighted by atomic mass is 16.6. The number of nitro groups is 1. The van der Waals surface area contributed by atoms with Crippen molar-refractivity contribution in [1.29, 1.82) is 0 Å². The van der Waals surface area contributed by atoms with Crippen molar-refractivity contribution in [3.63, 3.8) is 0 Å². The quantitative estimate of drug-likeness (QED) is 0.610. The molecule has 0 aromatic heterocycles. The van der Waals surface area contributed by atoms with Crippen molar-refractivity contribution in [2.45, 2.75) is 25.4 Å². The van der Waals surface area contributed by atoms with Crippen molar-refractivity contribution < 1.29 is 10.0 Å². The average Bonchev–Trinajstić information content (AvgIpc) is 2.68. The highest BCUT2D eigenvalue weighted by molar-refractivity contribution is 5.40. The smallest absolute Gasteiger partial charge is 0.269 e. The molecule has 5 heteroatoms. The van der Waals surface area contributed by atoms with Gasteiger partial charge in [0.1, 0.15) is 0 Å². The molecule has 1 aromatic rings. The largest absolute Gasteiger partial charge is 0.388 e. The first-order valence-electron chi connectivity index (χ1n) is 5.67. The Morgan fingerprint density at radius 1 is 1.59 bits per heavy atom. The molecular weight excluding hydrogens is 220 g/mol. The molecule has 0 amide bonds. The summed E-state index contributed by atoms with van der Waals surface area (Å²) in [5.41, 5.74) is 1.15. The van der Waals surface area contributed by atoms with E-state index in [0.29, 0.717) is 19.4 Å². The Kier molecular flexibility index (Phi) is 3.13. The van der Waals surface area contributed by atoms with Crippen LogP contribution < -0.4 is 5.32 Å². The van der Waals surface area contributed by atoms with Gasteiger partial charge in [-0.3, -0.25) is 10.1 Å². The molecule has 1 atom stereocenters. The summed E-state index contributed by atoms with van der Waals surface area (Å²) in [6.07, 6.45) is 1.16. The lowest BCUT2D eigenvalue weighted by molar-refractivity contribution is -0.384. The van der Waals surface area contributed by atoms with Gasteiger partial charge in [-0.2, -0.15) is 0 Å². The van der Waals surface area contributed by atoms with Gasteiger partial charge in [0.05, 0.1) is 10.5 Å². The number of benzene rings is 1. The zero-order valence-corrected chi connectivity index (χ0v) is 9.77. The highest BCUT2D eigenvalue weighted by Crippen LogP contribution is 2.25. The predicted molar refractivity (Wildman–Crippen MR) is 64.0 cm³/mol. The van der Waals surface area contributed by atoms with Crippen molar-refractivity contribution in [1.82, 2.24) is 5.32 Å². The number of nitro benzene ring substituents is 1. The van der Waals surface area contributed by atoms with E-state index in [0.717, 1.165) is 17.7 Å². The van der Waals surface area contributed by atoms with Gasteiger partial charge in [-0.05, 0) is 31.0 Å². The Morgan fingerprint density at radius 2 is 2.35 bits per heavy atom. The lowest BCUT2D eigenvalue weighted by Crippen LogP contribution is -2.34. The molecule has 0 bridgehead atoms. The zero-order chi connectivity index (χ0) is 12.5. The fourth-order valence-corrected chi connectivity index (χ4v) is 2.20. The van der Waals surface area contributed by atoms with Gasteiger partial charge in [0, 0.05) is 25.1 Å². The average molecular weight is 236 g/mol. The number of non-ortho nitro benzene ring substituents is 1. The van der Waals surface area contributed by atoms with Crippen LogP contribution in [0.1, 0.15) is 17.5 Å². The summed E-state index contributed by atoms with van der Waals surface area (Å²) in [6, 6.07) is 4.79. The number of hydrogen-bond acceptors (Lipinski definition) is 4. The fraction of sp³-hybridized carbons (Fsp3) is 0.500. The molecule has 2 N–H and O–H groups in total. The molecule has 1 aliphatic heterocycles. The van der Waals surface area contributed by atoms with E-state index in [4.69, 9.17) is 0 Å². The van der Waals surface area contributed by atoms with Crippen LogP contribution in [-0.2, 0) is 6.42 Å². The fourth-order valence-electron chi connectivity index (χ4n) is 2.20. The van der Waals surface area contributed by atoms with Crippen LogP contribution in [0, 0.1) is 17.0 Å². The van der Waals surface area contributed by atoms with Crippen molar-refractivity contribution in [2.75, 3.05) is 13.1 Å². The topological polar surface area (TPSA) is 75.4 Å². The van der Waals surface area contributed by atoms with Gasteiger partial charge in [-0.1, -0.05) is 6.07 Å². The van der Waals surface area contributed by atoms with E-state index in [9.17, 15) is 15.2 Å². The number of β-amino-alcohol motifs (C(OH)–C–C–N with tert-alkyl or cyclic N) is 1. The molecule has 1 saturated heterocycles. The Labute approximate surface area is 99.6 Å². The maximum Gasteiger partial charge on any atom is 0.269 e. The van der Waals surface area contributed by atoms with Gasteiger partial charge >= 0.3 is 0 Å². The predicted octanol–water partition coefficient (Wildman–Crippen LogP) is 1.17. The van der Waals surface area contributed by atoms with Crippen LogP contribution in [0.3, 0.4) is 0 Å². The maximum absolute atomic E-state index is 10.7. The third-order valence-electron chi connectivity index (χ3n) is 3.28. The van der Waals surface area contributed by atoms with E-state index in [1.807, 2.05) is 6.92 Å². The standard InChI is InChI=1S/C12H16N2O3/c1-9-2-3-11(14(16)17)6-10(9)7-12(15)4-5-13-8-12/h2-3,6,13,15H,4-5,7-8H2,1H3. The van der Waals surface area contributed by atoms with Crippen LogP contribution in [0.4, 0.5) is 5.69 Å². The van der Waals surface area contributed by atoms with E-state index in [1.165, 1.54) is 6.07 Å². The van der Waals surface area contributed by atoms with Crippen LogP contribution in [-0.4, -0.2) is 28.7 Å². The van der Waals surface area contributed by atoms with E-state index in [1.54, 1.807) is 12.1 Å². The molecule has 0 spiro atoms. The molecule has 1 heterocycles. The van der Waals surface area contributed by atoms with Crippen LogP contribution in [0.5, 0.6) is 0 Å². The molecule has 92 valence electrons. The van der Waals surface area contributed by atoms with Crippen molar-refractivity contribution >= 4 is 5.69 Å². The Hall–Kier alpha value is -1.46. The molecule has 1 aromatic carbocycles. The molecule has 5 nitrogen and oxygen atoms in total. The van der Waals surface area contributed by atoms with Gasteiger partial charge in [-0.15, -0.1) is 0 Å². The van der Waals surface area contributed by atoms with Gasteiger partial charge in [0.25, 0.3) is 5.69 Å². The first-order chi connectivity index (χ1) is 8.00. The molecule has 1 fully saturated rings. The van der Waals surface area contributed by atoms with Crippen LogP contribution >= 0.6 is 0 Å². The first kappa shape index (κ1) is 12.0. The number of hydrogen-bond donors (Lipinski definition) is 2. The first-order valence-corrected chi connectivity index (χ1v) is 5.67. The Morgan fingerprint density at radius 3 is 2.94 bits per heavy atom. The summed E-state index contributed by atoms with van der Waals surface area (Å²) in [4.78, 5) is 10.3. The highest BCUT2D eigenvalue weighted by Gasteiger charge is 2.31. The van der Waals surface area contributed by atoms with Crippen LogP contribution in [0.15, 0.2) is 18.2 Å². The molecule has 0 radical (unpaired) electrons. The SMILES string of the molecule is Cc1ccc([N+](=O)[O-])cc1CC1(O)CCNC1. The van der Waals surface area contributed by atoms with Gasteiger partial charge in [0.2, 0.25) is 0 Å². The van der Waals surface area contributed by atoms with Gasteiger partial charge in [0.15, 0.2) is 0 Å². The second-order valence-electron chi connectivity index (χ2n) is 4.70. The maximum atomic E-state index is 10.7. The summed E-state index contributed by atoms with van der Waals surface area (Å²) >= 11 is 0. The van der Waals surface area contributed by atoms with E-state index in [-0.39, 0.29) is 5.69 Å². The normalized spacial score (nSPS) is 23.9. The lowest BCUT2D eigenvalue weighted by atomic mass is 9.91. The minimum atomic E-state index is -0.764. The third-order valence-corrected chi connectivity index (χ3v) is 3.28. The molecule has 0 aliphatic carbocycles.